The molecule has 0 aliphatic heterocycles. The van der Waals surface area contributed by atoms with Gasteiger partial charge in [0.05, 0.1) is 41.3 Å². The topological polar surface area (TPSA) is 153 Å². The van der Waals surface area contributed by atoms with Crippen molar-refractivity contribution in [1.82, 2.24) is 34.9 Å². The number of nitrogens with one attached hydrogen (secondary N) is 2. The third-order valence-corrected chi connectivity index (χ3v) is 7.20. The van der Waals surface area contributed by atoms with Crippen molar-refractivity contribution in [2.45, 2.75) is 38.4 Å². The summed E-state index contributed by atoms with van der Waals surface area (Å²) in [5.74, 6) is 1.60. The van der Waals surface area contributed by atoms with Gasteiger partial charge < -0.3 is 20.8 Å². The Labute approximate surface area is 222 Å². The summed E-state index contributed by atoms with van der Waals surface area (Å²) >= 11 is 6.33. The fraction of sp³-hybridized carbons (Fsp3) is 0.280. The summed E-state index contributed by atoms with van der Waals surface area (Å²) in [5, 5.41) is 20.1. The molecule has 1 aliphatic rings. The number of aryl methyl sites for hydroxylation is 1. The molecule has 0 atom stereocenters. The first-order valence-corrected chi connectivity index (χ1v) is 12.5. The minimum Gasteiger partial charge on any atom is -0.495 e. The summed E-state index contributed by atoms with van der Waals surface area (Å²) in [5.41, 5.74) is 7.37. The molecule has 194 valence electrons. The Morgan fingerprint density at radius 2 is 2.11 bits per heavy atom. The van der Waals surface area contributed by atoms with Crippen LogP contribution in [0.2, 0.25) is 5.02 Å². The zero-order valence-corrected chi connectivity index (χ0v) is 21.5. The highest BCUT2D eigenvalue weighted by atomic mass is 35.5. The lowest BCUT2D eigenvalue weighted by Crippen LogP contribution is -2.45. The van der Waals surface area contributed by atoms with Crippen LogP contribution in [0.15, 0.2) is 43.1 Å². The van der Waals surface area contributed by atoms with E-state index in [1.807, 2.05) is 29.8 Å². The number of halogens is 1. The Kier molecular flexibility index (Phi) is 5.75. The number of ether oxygens (including phenoxy) is 1. The molecular formula is C25H25ClN10O2. The first-order valence-electron chi connectivity index (χ1n) is 12.1. The number of methoxy groups -OCH3 is 1. The Morgan fingerprint density at radius 3 is 2.76 bits per heavy atom. The molecule has 38 heavy (non-hydrogen) atoms. The molecule has 0 spiro atoms. The highest BCUT2D eigenvalue weighted by Crippen LogP contribution is 2.53. The Balaban J connectivity index is 1.49. The van der Waals surface area contributed by atoms with Gasteiger partial charge in [0.2, 0.25) is 0 Å². The lowest BCUT2D eigenvalue weighted by Gasteiger charge is -2.28. The van der Waals surface area contributed by atoms with Crippen LogP contribution < -0.4 is 20.7 Å². The number of urea groups is 1. The fourth-order valence-corrected chi connectivity index (χ4v) is 5.25. The van der Waals surface area contributed by atoms with Crippen molar-refractivity contribution < 1.29 is 9.53 Å². The number of aromatic nitrogens is 7. The Hall–Kier alpha value is -4.45. The number of nitrogens with two attached hydrogens (primary N) is 1. The predicted molar refractivity (Wildman–Crippen MR) is 143 cm³/mol. The average Bonchev–Trinajstić information content (AvgIpc) is 3.31. The molecule has 4 aromatic heterocycles. The molecule has 0 saturated heterocycles. The highest BCUT2D eigenvalue weighted by molar-refractivity contribution is 6.32. The van der Waals surface area contributed by atoms with Crippen LogP contribution in [0, 0.1) is 0 Å². The van der Waals surface area contributed by atoms with Crippen LogP contribution in [0.4, 0.5) is 16.4 Å². The van der Waals surface area contributed by atoms with E-state index in [9.17, 15) is 4.79 Å². The number of aromatic amines is 1. The number of nitrogens with zero attached hydrogens (tertiary/aromatic N) is 7. The normalized spacial score (nSPS) is 14.1. The second-order valence-corrected chi connectivity index (χ2v) is 9.50. The van der Waals surface area contributed by atoms with Crippen molar-refractivity contribution in [3.05, 3.63) is 59.4 Å². The van der Waals surface area contributed by atoms with Crippen molar-refractivity contribution in [1.29, 1.82) is 0 Å². The molecular weight excluding hydrogens is 508 g/mol. The van der Waals surface area contributed by atoms with Gasteiger partial charge in [0.15, 0.2) is 17.3 Å². The molecule has 0 bridgehead atoms. The van der Waals surface area contributed by atoms with Gasteiger partial charge in [-0.3, -0.25) is 4.90 Å². The van der Waals surface area contributed by atoms with Gasteiger partial charge in [0, 0.05) is 36.3 Å². The number of H-pyrrole nitrogens is 1. The van der Waals surface area contributed by atoms with Crippen LogP contribution in [0.25, 0.3) is 21.8 Å². The zero-order valence-electron chi connectivity index (χ0n) is 20.8. The minimum atomic E-state index is -0.773. The number of rotatable bonds is 8. The lowest BCUT2D eigenvalue weighted by molar-refractivity contribution is 0.250. The first-order chi connectivity index (χ1) is 18.5. The molecule has 12 nitrogen and oxygen atoms in total. The molecule has 4 N–H and O–H groups in total. The van der Waals surface area contributed by atoms with Gasteiger partial charge in [0.25, 0.3) is 0 Å². The van der Waals surface area contributed by atoms with Crippen molar-refractivity contribution in [2.75, 3.05) is 17.3 Å². The number of fused-ring (bicyclic) bond motifs is 3. The molecule has 1 aromatic carbocycles. The van der Waals surface area contributed by atoms with E-state index in [2.05, 4.69) is 30.6 Å². The average molecular weight is 533 g/mol. The van der Waals surface area contributed by atoms with Crippen molar-refractivity contribution in [3.8, 4) is 5.75 Å². The monoisotopic (exact) mass is 532 g/mol. The van der Waals surface area contributed by atoms with E-state index >= 15 is 0 Å². The molecule has 1 fully saturated rings. The first kappa shape index (κ1) is 23.9. The fourth-order valence-electron chi connectivity index (χ4n) is 4.97. The summed E-state index contributed by atoms with van der Waals surface area (Å²) in [4.78, 5) is 26.0. The minimum absolute atomic E-state index is 0.427. The van der Waals surface area contributed by atoms with Crippen molar-refractivity contribution in [3.63, 3.8) is 0 Å². The van der Waals surface area contributed by atoms with Crippen LogP contribution in [0.5, 0.6) is 5.75 Å². The number of hydrogen-bond donors (Lipinski definition) is 3. The van der Waals surface area contributed by atoms with E-state index in [1.165, 1.54) is 11.2 Å². The van der Waals surface area contributed by atoms with Crippen molar-refractivity contribution in [2.24, 2.45) is 5.73 Å². The van der Waals surface area contributed by atoms with E-state index in [4.69, 9.17) is 27.1 Å². The Morgan fingerprint density at radius 1 is 1.26 bits per heavy atom. The standard InChI is InChI=1S/C25H25ClN10O2/c1-3-35-23-16(11-32-35)20-15(10-30-23)21(25(6-7-25)36(24(27)37)19-12-28-13-31-19)33-34-22(20)29-9-14-4-5-18(38-2)17(26)8-14/h4-5,8,10-13H,3,6-7,9H2,1-2H3,(H2,27,37)(H,28,31)(H,29,34). The Bertz CT molecular complexity index is 1660. The maximum atomic E-state index is 12.6. The molecule has 2 amide bonds. The molecule has 6 rings (SSSR count). The van der Waals surface area contributed by atoms with Gasteiger partial charge >= 0.3 is 6.03 Å². The number of carbonyl (C=O) groups excluding carboxylic acids is 1. The predicted octanol–water partition coefficient (Wildman–Crippen LogP) is 3.97. The molecule has 4 heterocycles. The zero-order chi connectivity index (χ0) is 26.4. The summed E-state index contributed by atoms with van der Waals surface area (Å²) in [6.45, 7) is 3.12. The number of primary amides is 1. The van der Waals surface area contributed by atoms with Gasteiger partial charge in [-0.1, -0.05) is 17.7 Å². The maximum absolute atomic E-state index is 12.6. The van der Waals surface area contributed by atoms with E-state index in [1.54, 1.807) is 25.7 Å². The van der Waals surface area contributed by atoms with Crippen LogP contribution >= 0.6 is 11.6 Å². The molecule has 13 heteroatoms. The largest absolute Gasteiger partial charge is 0.495 e. The highest BCUT2D eigenvalue weighted by Gasteiger charge is 2.55. The molecule has 1 aliphatic carbocycles. The van der Waals surface area contributed by atoms with E-state index in [0.717, 1.165) is 27.4 Å². The lowest BCUT2D eigenvalue weighted by atomic mass is 10.0. The number of benzene rings is 1. The van der Waals surface area contributed by atoms with Crippen LogP contribution in [-0.4, -0.2) is 48.1 Å². The third-order valence-electron chi connectivity index (χ3n) is 6.91. The number of amides is 2. The molecule has 1 saturated carbocycles. The number of pyridine rings is 1. The van der Waals surface area contributed by atoms with Gasteiger partial charge in [-0.05, 0) is 37.5 Å². The van der Waals surface area contributed by atoms with Gasteiger partial charge in [-0.25, -0.2) is 19.4 Å². The molecule has 5 aromatic rings. The summed E-state index contributed by atoms with van der Waals surface area (Å²) in [7, 11) is 1.58. The number of anilines is 2. The number of carbonyl (C=O) groups is 1. The van der Waals surface area contributed by atoms with E-state index in [-0.39, 0.29) is 0 Å². The van der Waals surface area contributed by atoms with Crippen LogP contribution in [0.1, 0.15) is 31.0 Å². The van der Waals surface area contributed by atoms with Gasteiger partial charge in [-0.15, -0.1) is 5.10 Å². The molecule has 0 unspecified atom stereocenters. The SMILES string of the molecule is CCn1ncc2c3c(NCc4ccc(OC)c(Cl)c4)nnc(C4(N(C(N)=O)c5c[nH]cn5)CC4)c3cnc21. The van der Waals surface area contributed by atoms with Gasteiger partial charge in [-0.2, -0.15) is 10.2 Å². The van der Waals surface area contributed by atoms with Crippen LogP contribution in [0.3, 0.4) is 0 Å². The third kappa shape index (κ3) is 3.76. The van der Waals surface area contributed by atoms with Crippen LogP contribution in [-0.2, 0) is 18.6 Å². The maximum Gasteiger partial charge on any atom is 0.321 e. The summed E-state index contributed by atoms with van der Waals surface area (Å²) in [6, 6.07) is 4.99. The second kappa shape index (κ2) is 9.14. The second-order valence-electron chi connectivity index (χ2n) is 9.10. The summed E-state index contributed by atoms with van der Waals surface area (Å²) in [6.07, 6.45) is 8.03. The quantitative estimate of drug-likeness (QED) is 0.271. The number of imidazole rings is 1. The van der Waals surface area contributed by atoms with Crippen molar-refractivity contribution >= 4 is 51.1 Å². The van der Waals surface area contributed by atoms with Gasteiger partial charge in [0.1, 0.15) is 5.75 Å². The van der Waals surface area contributed by atoms with E-state index < -0.39 is 11.6 Å². The molecule has 0 radical (unpaired) electrons. The number of hydrogen-bond acceptors (Lipinski definition) is 8. The van der Waals surface area contributed by atoms with E-state index in [0.29, 0.717) is 54.0 Å². The summed E-state index contributed by atoms with van der Waals surface area (Å²) < 4.78 is 7.09. The smallest absolute Gasteiger partial charge is 0.321 e.